The minimum atomic E-state index is 1.22. The number of hydrogen-bond acceptors (Lipinski definition) is 0. The van der Waals surface area contributed by atoms with Crippen LogP contribution >= 0.6 is 0 Å². The third kappa shape index (κ3) is 5.88. The summed E-state index contributed by atoms with van der Waals surface area (Å²) >= 11 is 0. The lowest BCUT2D eigenvalue weighted by Gasteiger charge is -2.23. The molecule has 0 aliphatic heterocycles. The first-order valence-electron chi connectivity index (χ1n) is 23.7. The Morgan fingerprint density at radius 1 is 0.147 bits per heavy atom. The van der Waals surface area contributed by atoms with Gasteiger partial charge in [0.05, 0.1) is 0 Å². The van der Waals surface area contributed by atoms with Crippen molar-refractivity contribution in [3.8, 4) is 66.8 Å². The number of hydrogen-bond donors (Lipinski definition) is 0. The van der Waals surface area contributed by atoms with Crippen LogP contribution < -0.4 is 0 Å². The van der Waals surface area contributed by atoms with Gasteiger partial charge in [0.1, 0.15) is 0 Å². The van der Waals surface area contributed by atoms with Crippen molar-refractivity contribution in [2.45, 2.75) is 0 Å². The standard InChI is InChI=1S/C68H42/c1-3-17-43(18-4-1)49-33-35-57(55-29-13-11-27-51(49)55)65-41-63(53-31-15-23-45-21-7-9-25-47(45)53)59-38-40-62-66(58-36-34-50(44-19-5-2-6-20-44)52-28-12-14-30-56(52)58)42-64(60-37-39-61(65)67(59)68(60)62)54-32-16-24-46-22-8-10-26-48(46)54/h1-42H. The van der Waals surface area contributed by atoms with Crippen LogP contribution in [0.25, 0.3) is 142 Å². The molecule has 0 heterocycles. The van der Waals surface area contributed by atoms with Crippen molar-refractivity contribution < 1.29 is 0 Å². The normalized spacial score (nSPS) is 11.8. The molecule has 0 saturated carbocycles. The molecule has 0 unspecified atom stereocenters. The Hall–Kier alpha value is -8.84. The molecule has 0 aromatic heterocycles. The van der Waals surface area contributed by atoms with Crippen molar-refractivity contribution in [1.82, 2.24) is 0 Å². The first kappa shape index (κ1) is 38.4. The lowest BCUT2D eigenvalue weighted by molar-refractivity contribution is 1.63. The highest BCUT2D eigenvalue weighted by Gasteiger charge is 2.24. The van der Waals surface area contributed by atoms with E-state index in [1.165, 1.54) is 142 Å². The van der Waals surface area contributed by atoms with Crippen LogP contribution in [0.2, 0.25) is 0 Å². The predicted molar refractivity (Wildman–Crippen MR) is 293 cm³/mol. The van der Waals surface area contributed by atoms with Gasteiger partial charge in [-0.1, -0.05) is 243 Å². The summed E-state index contributed by atoms with van der Waals surface area (Å²) in [6.45, 7) is 0. The van der Waals surface area contributed by atoms with Crippen LogP contribution in [0.4, 0.5) is 0 Å². The lowest BCUT2D eigenvalue weighted by Crippen LogP contribution is -1.96. The largest absolute Gasteiger partial charge is 0.0622 e. The zero-order valence-corrected chi connectivity index (χ0v) is 37.2. The van der Waals surface area contributed by atoms with Gasteiger partial charge in [-0.2, -0.15) is 0 Å². The predicted octanol–water partition coefficient (Wildman–Crippen LogP) is 19.2. The maximum Gasteiger partial charge on any atom is -0.00139 e. The van der Waals surface area contributed by atoms with Crippen LogP contribution in [0.1, 0.15) is 0 Å². The molecule has 0 radical (unpaired) electrons. The average Bonchev–Trinajstić information content (AvgIpc) is 3.42. The second-order valence-corrected chi connectivity index (χ2v) is 18.2. The van der Waals surface area contributed by atoms with Crippen molar-refractivity contribution in [2.75, 3.05) is 0 Å². The summed E-state index contributed by atoms with van der Waals surface area (Å²) in [5.74, 6) is 0. The van der Waals surface area contributed by atoms with Crippen LogP contribution in [0, 0.1) is 0 Å². The fraction of sp³-hybridized carbons (Fsp3) is 0. The van der Waals surface area contributed by atoms with Gasteiger partial charge in [-0.05, 0) is 154 Å². The van der Waals surface area contributed by atoms with E-state index in [1.807, 2.05) is 0 Å². The molecule has 0 bridgehead atoms. The van der Waals surface area contributed by atoms with E-state index in [9.17, 15) is 0 Å². The molecule has 0 amide bonds. The van der Waals surface area contributed by atoms with Gasteiger partial charge in [0.25, 0.3) is 0 Å². The van der Waals surface area contributed by atoms with E-state index in [1.54, 1.807) is 0 Å². The molecule has 0 aliphatic carbocycles. The quantitative estimate of drug-likeness (QED) is 0.146. The van der Waals surface area contributed by atoms with E-state index in [2.05, 4.69) is 255 Å². The van der Waals surface area contributed by atoms with Crippen LogP contribution in [-0.2, 0) is 0 Å². The van der Waals surface area contributed by atoms with E-state index >= 15 is 0 Å². The molecule has 314 valence electrons. The van der Waals surface area contributed by atoms with Crippen molar-refractivity contribution >= 4 is 75.4 Å². The summed E-state index contributed by atoms with van der Waals surface area (Å²) in [7, 11) is 0. The Kier molecular flexibility index (Phi) is 8.69. The zero-order chi connectivity index (χ0) is 44.7. The second kappa shape index (κ2) is 15.4. The van der Waals surface area contributed by atoms with Crippen LogP contribution in [-0.4, -0.2) is 0 Å². The average molecular weight is 859 g/mol. The first-order valence-corrected chi connectivity index (χ1v) is 23.7. The highest BCUT2D eigenvalue weighted by Crippen LogP contribution is 2.52. The third-order valence-electron chi connectivity index (χ3n) is 14.7. The summed E-state index contributed by atoms with van der Waals surface area (Å²) in [6.07, 6.45) is 0. The maximum atomic E-state index is 2.50. The third-order valence-corrected chi connectivity index (χ3v) is 14.7. The molecule has 0 spiro atoms. The fourth-order valence-corrected chi connectivity index (χ4v) is 11.6. The fourth-order valence-electron chi connectivity index (χ4n) is 11.6. The molecular weight excluding hydrogens is 817 g/mol. The Morgan fingerprint density at radius 3 is 0.809 bits per heavy atom. The van der Waals surface area contributed by atoms with Gasteiger partial charge < -0.3 is 0 Å². The molecule has 0 heteroatoms. The molecule has 0 atom stereocenters. The van der Waals surface area contributed by atoms with E-state index < -0.39 is 0 Å². The van der Waals surface area contributed by atoms with Crippen molar-refractivity contribution in [3.63, 3.8) is 0 Å². The lowest BCUT2D eigenvalue weighted by atomic mass is 9.80. The van der Waals surface area contributed by atoms with Gasteiger partial charge in [-0.3, -0.25) is 0 Å². The Balaban J connectivity index is 1.15. The van der Waals surface area contributed by atoms with Gasteiger partial charge in [-0.25, -0.2) is 0 Å². The number of rotatable bonds is 6. The summed E-state index contributed by atoms with van der Waals surface area (Å²) in [6, 6.07) is 94.9. The van der Waals surface area contributed by atoms with Crippen molar-refractivity contribution in [1.29, 1.82) is 0 Å². The van der Waals surface area contributed by atoms with Crippen molar-refractivity contribution in [3.05, 3.63) is 255 Å². The molecule has 0 nitrogen and oxygen atoms in total. The van der Waals surface area contributed by atoms with Gasteiger partial charge in [0.2, 0.25) is 0 Å². The molecular formula is C68H42. The second-order valence-electron chi connectivity index (χ2n) is 18.2. The minimum absolute atomic E-state index is 1.22. The van der Waals surface area contributed by atoms with Crippen LogP contribution in [0.3, 0.4) is 0 Å². The summed E-state index contributed by atoms with van der Waals surface area (Å²) in [4.78, 5) is 0. The maximum absolute atomic E-state index is 2.50. The molecule has 68 heavy (non-hydrogen) atoms. The minimum Gasteiger partial charge on any atom is -0.0622 e. The van der Waals surface area contributed by atoms with Crippen molar-refractivity contribution in [2.24, 2.45) is 0 Å². The van der Waals surface area contributed by atoms with Crippen LogP contribution in [0.5, 0.6) is 0 Å². The Bertz CT molecular complexity index is 4000. The molecule has 0 saturated heterocycles. The van der Waals surface area contributed by atoms with Gasteiger partial charge in [-0.15, -0.1) is 0 Å². The highest BCUT2D eigenvalue weighted by atomic mass is 14.3. The zero-order valence-electron chi connectivity index (χ0n) is 37.2. The van der Waals surface area contributed by atoms with E-state index in [-0.39, 0.29) is 0 Å². The molecule has 0 aliphatic rings. The molecule has 14 rings (SSSR count). The smallest absolute Gasteiger partial charge is 0.00139 e. The molecule has 0 fully saturated rings. The number of benzene rings is 14. The molecule has 14 aromatic carbocycles. The highest BCUT2D eigenvalue weighted by molar-refractivity contribution is 6.34. The number of fused-ring (bicyclic) bond motifs is 4. The Morgan fingerprint density at radius 2 is 0.426 bits per heavy atom. The summed E-state index contributed by atoms with van der Waals surface area (Å²) in [5.41, 5.74) is 14.8. The SMILES string of the molecule is c1ccc(-c2ccc(-c3cc(-c4cccc5ccccc45)c4ccc5c(-c6ccc(-c7ccccc7)c7ccccc67)cc(-c6cccc7ccccc67)c6ccc3c4c65)c3ccccc23)cc1. The first-order chi connectivity index (χ1) is 33.8. The van der Waals surface area contributed by atoms with E-state index in [0.29, 0.717) is 0 Å². The van der Waals surface area contributed by atoms with Gasteiger partial charge in [0, 0.05) is 0 Å². The molecule has 0 N–H and O–H groups in total. The monoisotopic (exact) mass is 858 g/mol. The summed E-state index contributed by atoms with van der Waals surface area (Å²) in [5, 5.41) is 17.6. The van der Waals surface area contributed by atoms with Gasteiger partial charge in [0.15, 0.2) is 0 Å². The molecule has 14 aromatic rings. The van der Waals surface area contributed by atoms with Gasteiger partial charge >= 0.3 is 0 Å². The Labute approximate surface area is 395 Å². The topological polar surface area (TPSA) is 0 Å². The van der Waals surface area contributed by atoms with E-state index in [0.717, 1.165) is 0 Å². The van der Waals surface area contributed by atoms with E-state index in [4.69, 9.17) is 0 Å². The van der Waals surface area contributed by atoms with Crippen LogP contribution in [0.15, 0.2) is 255 Å². The summed E-state index contributed by atoms with van der Waals surface area (Å²) < 4.78 is 0.